The molecule has 18 heavy (non-hydrogen) atoms. The number of nitrogens with one attached hydrogen (secondary N) is 1. The molecule has 0 atom stereocenters. The van der Waals surface area contributed by atoms with E-state index < -0.39 is 5.56 Å². The predicted octanol–water partition coefficient (Wildman–Crippen LogP) is 3.12. The van der Waals surface area contributed by atoms with Crippen LogP contribution in [0.15, 0.2) is 33.5 Å². The van der Waals surface area contributed by atoms with Gasteiger partial charge in [-0.15, -0.1) is 0 Å². The second-order valence-corrected chi connectivity index (χ2v) is 4.55. The van der Waals surface area contributed by atoms with Crippen molar-refractivity contribution in [3.63, 3.8) is 0 Å². The van der Waals surface area contributed by atoms with Gasteiger partial charge in [0, 0.05) is 15.7 Å². The first kappa shape index (κ1) is 12.5. The number of halogens is 2. The fourth-order valence-electron chi connectivity index (χ4n) is 1.69. The summed E-state index contributed by atoms with van der Waals surface area (Å²) in [5.41, 5.74) is 1.29. The van der Waals surface area contributed by atoms with E-state index in [1.54, 1.807) is 6.92 Å². The zero-order chi connectivity index (χ0) is 13.3. The van der Waals surface area contributed by atoms with Gasteiger partial charge in [-0.1, -0.05) is 12.1 Å². The number of pyridine rings is 1. The van der Waals surface area contributed by atoms with Crippen LogP contribution in [0, 0.1) is 24.1 Å². The normalized spacial score (nSPS) is 10.1. The maximum absolute atomic E-state index is 12.9. The van der Waals surface area contributed by atoms with Crippen molar-refractivity contribution < 1.29 is 4.39 Å². The number of benzene rings is 1. The number of aromatic nitrogens is 1. The van der Waals surface area contributed by atoms with Crippen molar-refractivity contribution in [2.24, 2.45) is 0 Å². The van der Waals surface area contributed by atoms with E-state index in [1.807, 2.05) is 6.07 Å². The zero-order valence-electron chi connectivity index (χ0n) is 9.42. The summed E-state index contributed by atoms with van der Waals surface area (Å²) in [7, 11) is 0. The molecule has 0 radical (unpaired) electrons. The third kappa shape index (κ3) is 2.07. The van der Waals surface area contributed by atoms with Gasteiger partial charge in [-0.2, -0.15) is 5.26 Å². The Bertz CT molecular complexity index is 699. The Kier molecular flexibility index (Phi) is 3.30. The minimum atomic E-state index is -0.447. The third-order valence-electron chi connectivity index (χ3n) is 2.57. The number of nitrogens with zero attached hydrogens (tertiary/aromatic N) is 1. The molecule has 1 aromatic heterocycles. The minimum Gasteiger partial charge on any atom is -0.324 e. The van der Waals surface area contributed by atoms with E-state index >= 15 is 0 Å². The van der Waals surface area contributed by atoms with Gasteiger partial charge in [0.1, 0.15) is 17.4 Å². The number of H-pyrrole nitrogens is 1. The third-order valence-corrected chi connectivity index (χ3v) is 3.56. The average Bonchev–Trinajstić information content (AvgIpc) is 2.35. The maximum atomic E-state index is 12.9. The number of nitriles is 1. The van der Waals surface area contributed by atoms with Crippen LogP contribution in [-0.4, -0.2) is 4.98 Å². The van der Waals surface area contributed by atoms with E-state index in [0.717, 1.165) is 0 Å². The lowest BCUT2D eigenvalue weighted by Gasteiger charge is -2.09. The van der Waals surface area contributed by atoms with Crippen LogP contribution in [0.5, 0.6) is 0 Å². The van der Waals surface area contributed by atoms with Crippen LogP contribution in [0.1, 0.15) is 11.3 Å². The van der Waals surface area contributed by atoms with Crippen LogP contribution in [0.25, 0.3) is 11.1 Å². The molecular weight excluding hydrogens is 299 g/mol. The van der Waals surface area contributed by atoms with Crippen LogP contribution < -0.4 is 5.56 Å². The van der Waals surface area contributed by atoms with E-state index in [2.05, 4.69) is 20.9 Å². The molecule has 0 fully saturated rings. The van der Waals surface area contributed by atoms with E-state index in [-0.39, 0.29) is 11.4 Å². The van der Waals surface area contributed by atoms with Crippen molar-refractivity contribution in [1.29, 1.82) is 5.26 Å². The molecule has 2 rings (SSSR count). The van der Waals surface area contributed by atoms with Crippen LogP contribution in [0.3, 0.4) is 0 Å². The lowest BCUT2D eigenvalue weighted by Crippen LogP contribution is -2.13. The molecule has 0 saturated carbocycles. The summed E-state index contributed by atoms with van der Waals surface area (Å²) in [6.07, 6.45) is 0. The summed E-state index contributed by atoms with van der Waals surface area (Å²) in [4.78, 5) is 14.3. The van der Waals surface area contributed by atoms with Gasteiger partial charge in [0.15, 0.2) is 0 Å². The Hall–Kier alpha value is -1.93. The number of hydrogen-bond donors (Lipinski definition) is 1. The molecule has 0 aliphatic heterocycles. The van der Waals surface area contributed by atoms with Crippen molar-refractivity contribution in [1.82, 2.24) is 4.98 Å². The molecular formula is C13H8BrFN2O. The van der Waals surface area contributed by atoms with Gasteiger partial charge in [-0.3, -0.25) is 4.79 Å². The smallest absolute Gasteiger partial charge is 0.266 e. The zero-order valence-corrected chi connectivity index (χ0v) is 11.0. The Morgan fingerprint density at radius 3 is 2.50 bits per heavy atom. The standard InChI is InChI=1S/C13H8BrFN2O/c1-7-12(14)11(10(6-16)13(18)17-7)8-2-4-9(15)5-3-8/h2-5H,1H3,(H,17,18). The van der Waals surface area contributed by atoms with E-state index in [4.69, 9.17) is 5.26 Å². The van der Waals surface area contributed by atoms with Gasteiger partial charge in [-0.05, 0) is 40.5 Å². The van der Waals surface area contributed by atoms with Crippen LogP contribution in [0.4, 0.5) is 4.39 Å². The maximum Gasteiger partial charge on any atom is 0.266 e. The van der Waals surface area contributed by atoms with Gasteiger partial charge < -0.3 is 4.98 Å². The summed E-state index contributed by atoms with van der Waals surface area (Å²) in [5.74, 6) is -0.366. The molecule has 1 N–H and O–H groups in total. The van der Waals surface area contributed by atoms with Gasteiger partial charge in [0.05, 0.1) is 0 Å². The number of hydrogen-bond acceptors (Lipinski definition) is 2. The topological polar surface area (TPSA) is 56.6 Å². The molecule has 1 aromatic carbocycles. The second-order valence-electron chi connectivity index (χ2n) is 3.76. The largest absolute Gasteiger partial charge is 0.324 e. The number of aromatic amines is 1. The molecule has 0 bridgehead atoms. The van der Waals surface area contributed by atoms with Crippen molar-refractivity contribution in [2.75, 3.05) is 0 Å². The van der Waals surface area contributed by atoms with Crippen LogP contribution in [-0.2, 0) is 0 Å². The molecule has 0 amide bonds. The minimum absolute atomic E-state index is 0.0130. The molecule has 0 unspecified atom stereocenters. The van der Waals surface area contributed by atoms with E-state index in [1.165, 1.54) is 24.3 Å². The molecule has 0 aliphatic carbocycles. The Labute approximate surface area is 111 Å². The highest BCUT2D eigenvalue weighted by atomic mass is 79.9. The summed E-state index contributed by atoms with van der Waals surface area (Å²) < 4.78 is 13.5. The van der Waals surface area contributed by atoms with Crippen molar-refractivity contribution in [3.8, 4) is 17.2 Å². The molecule has 2 aromatic rings. The molecule has 0 spiro atoms. The second kappa shape index (κ2) is 4.75. The molecule has 0 saturated heterocycles. The predicted molar refractivity (Wildman–Crippen MR) is 69.6 cm³/mol. The average molecular weight is 307 g/mol. The first-order valence-corrected chi connectivity index (χ1v) is 5.92. The fraction of sp³-hybridized carbons (Fsp3) is 0.0769. The molecule has 90 valence electrons. The Morgan fingerprint density at radius 1 is 1.33 bits per heavy atom. The first-order valence-electron chi connectivity index (χ1n) is 5.13. The summed E-state index contributed by atoms with van der Waals surface area (Å²) in [5, 5.41) is 9.07. The highest BCUT2D eigenvalue weighted by Crippen LogP contribution is 2.31. The lowest BCUT2D eigenvalue weighted by molar-refractivity contribution is 0.628. The molecule has 3 nitrogen and oxygen atoms in total. The fourth-order valence-corrected chi connectivity index (χ4v) is 2.22. The first-order chi connectivity index (χ1) is 8.54. The summed E-state index contributed by atoms with van der Waals surface area (Å²) >= 11 is 3.35. The lowest BCUT2D eigenvalue weighted by atomic mass is 10.0. The van der Waals surface area contributed by atoms with Gasteiger partial charge in [0.2, 0.25) is 0 Å². The van der Waals surface area contributed by atoms with Crippen molar-refractivity contribution >= 4 is 15.9 Å². The highest BCUT2D eigenvalue weighted by molar-refractivity contribution is 9.10. The molecule has 0 aliphatic rings. The van der Waals surface area contributed by atoms with Crippen LogP contribution >= 0.6 is 15.9 Å². The van der Waals surface area contributed by atoms with Crippen LogP contribution in [0.2, 0.25) is 0 Å². The Morgan fingerprint density at radius 2 is 1.94 bits per heavy atom. The van der Waals surface area contributed by atoms with Gasteiger partial charge >= 0.3 is 0 Å². The monoisotopic (exact) mass is 306 g/mol. The SMILES string of the molecule is Cc1[nH]c(=O)c(C#N)c(-c2ccc(F)cc2)c1Br. The highest BCUT2D eigenvalue weighted by Gasteiger charge is 2.15. The summed E-state index contributed by atoms with van der Waals surface area (Å²) in [6, 6.07) is 7.53. The Balaban J connectivity index is 2.82. The van der Waals surface area contributed by atoms with E-state index in [0.29, 0.717) is 21.3 Å². The quantitative estimate of drug-likeness (QED) is 0.880. The molecule has 1 heterocycles. The number of rotatable bonds is 1. The van der Waals surface area contributed by atoms with Gasteiger partial charge in [-0.25, -0.2) is 4.39 Å². The van der Waals surface area contributed by atoms with Crippen molar-refractivity contribution in [3.05, 3.63) is 56.2 Å². The summed E-state index contributed by atoms with van der Waals surface area (Å²) in [6.45, 7) is 1.72. The van der Waals surface area contributed by atoms with Gasteiger partial charge in [0.25, 0.3) is 5.56 Å². The molecule has 5 heteroatoms. The van der Waals surface area contributed by atoms with E-state index in [9.17, 15) is 9.18 Å². The number of aryl methyl sites for hydroxylation is 1. The van der Waals surface area contributed by atoms with Crippen molar-refractivity contribution in [2.45, 2.75) is 6.92 Å².